The Balaban J connectivity index is 0.000000219. The molecule has 0 fully saturated rings. The van der Waals surface area contributed by atoms with Crippen LogP contribution in [0.2, 0.25) is 0 Å². The van der Waals surface area contributed by atoms with E-state index in [9.17, 15) is 22.8 Å². The quantitative estimate of drug-likeness (QED) is 0.0635. The van der Waals surface area contributed by atoms with Crippen LogP contribution < -0.4 is 28.4 Å². The van der Waals surface area contributed by atoms with Crippen molar-refractivity contribution in [2.75, 3.05) is 27.6 Å². The molecule has 0 heterocycles. The second-order valence-electron chi connectivity index (χ2n) is 20.2. The van der Waals surface area contributed by atoms with Crippen LogP contribution in [0, 0.1) is 41.5 Å². The van der Waals surface area contributed by atoms with E-state index in [1.165, 1.54) is 12.8 Å². The molecule has 0 N–H and O–H groups in total. The number of hydrogen-bond donors (Lipinski definition) is 0. The zero-order chi connectivity index (χ0) is 62.9. The maximum atomic E-state index is 12.6. The Hall–Kier alpha value is -8.97. The van der Waals surface area contributed by atoms with Crippen LogP contribution >= 0.6 is 10.7 Å². The number of ketones is 3. The number of rotatable bonds is 17. The fraction of sp³-hybridized carbons (Fsp3) is 0.219. The molecular weight excluding hydrogens is 1120 g/mol. The predicted molar refractivity (Wildman–Crippen MR) is 347 cm³/mol. The highest BCUT2D eigenvalue weighted by molar-refractivity contribution is 8.13. The van der Waals surface area contributed by atoms with Gasteiger partial charge in [0.25, 0.3) is 0 Å². The fourth-order valence-electron chi connectivity index (χ4n) is 8.07. The molecule has 0 amide bonds. The molecule has 0 aromatic heterocycles. The Morgan fingerprint density at radius 2 is 0.616 bits per heavy atom. The van der Waals surface area contributed by atoms with Gasteiger partial charge in [0.2, 0.25) is 9.05 Å². The van der Waals surface area contributed by atoms with Crippen molar-refractivity contribution in [2.45, 2.75) is 81.6 Å². The van der Waals surface area contributed by atoms with Crippen LogP contribution in [-0.2, 0) is 15.5 Å². The summed E-state index contributed by atoms with van der Waals surface area (Å²) in [4.78, 5) is 37.6. The highest BCUT2D eigenvalue weighted by Gasteiger charge is 2.15. The Morgan fingerprint density at radius 1 is 0.360 bits per heavy atom. The summed E-state index contributed by atoms with van der Waals surface area (Å²) in [6.45, 7) is 18.4. The molecule has 0 unspecified atom stereocenters. The van der Waals surface area contributed by atoms with Gasteiger partial charge in [0.15, 0.2) is 17.3 Å². The first-order valence-electron chi connectivity index (χ1n) is 28.1. The molecule has 13 heteroatoms. The van der Waals surface area contributed by atoms with Gasteiger partial charge in [-0.1, -0.05) is 123 Å². The zero-order valence-corrected chi connectivity index (χ0v) is 52.9. The molecule has 448 valence electrons. The van der Waals surface area contributed by atoms with Crippen molar-refractivity contribution < 1.29 is 51.2 Å². The third kappa shape index (κ3) is 21.6. The van der Waals surface area contributed by atoms with E-state index in [0.717, 1.165) is 86.1 Å². The van der Waals surface area contributed by atoms with E-state index in [2.05, 4.69) is 31.5 Å². The Kier molecular flexibility index (Phi) is 26.4. The summed E-state index contributed by atoms with van der Waals surface area (Å²) in [6.07, 6.45) is 4.41. The van der Waals surface area contributed by atoms with Crippen LogP contribution in [-0.4, -0.2) is 53.4 Å². The molecule has 0 aliphatic carbocycles. The summed E-state index contributed by atoms with van der Waals surface area (Å²) in [6, 6.07) is 59.7. The van der Waals surface area contributed by atoms with Gasteiger partial charge in [-0.25, -0.2) is 8.42 Å². The molecule has 9 aromatic rings. The summed E-state index contributed by atoms with van der Waals surface area (Å²) in [5.74, 6) is 6.90. The van der Waals surface area contributed by atoms with Crippen LogP contribution in [0.5, 0.6) is 51.7 Å². The minimum absolute atomic E-state index is 0.00665. The molecule has 86 heavy (non-hydrogen) atoms. The van der Waals surface area contributed by atoms with Crippen LogP contribution in [0.15, 0.2) is 194 Å². The minimum Gasteiger partial charge on any atom is -0.497 e. The number of aryl methyl sites for hydroxylation is 7. The lowest BCUT2D eigenvalue weighted by atomic mass is 10.0. The Labute approximate surface area is 512 Å². The summed E-state index contributed by atoms with van der Waals surface area (Å²) in [5.41, 5.74) is 11.5. The molecular formula is C73H77ClO11S. The third-order valence-corrected chi connectivity index (χ3v) is 13.2. The molecule has 0 aliphatic rings. The number of carbonyl (C=O) groups excluding carboxylic acids is 3. The van der Waals surface area contributed by atoms with E-state index in [0.29, 0.717) is 50.6 Å². The summed E-state index contributed by atoms with van der Waals surface area (Å²) in [7, 11) is 6.25. The van der Waals surface area contributed by atoms with Gasteiger partial charge in [-0.15, -0.1) is 0 Å². The summed E-state index contributed by atoms with van der Waals surface area (Å²) in [5, 5.41) is 0. The van der Waals surface area contributed by atoms with Crippen molar-refractivity contribution in [1.82, 2.24) is 0 Å². The second-order valence-corrected chi connectivity index (χ2v) is 23.2. The maximum absolute atomic E-state index is 12.6. The Morgan fingerprint density at radius 3 is 0.872 bits per heavy atom. The standard InChI is InChI=1S/C24H24O3.2C22H20O3.C4H10.CH3ClO2S/c1-5-18-15-22(26-4)14-17(3)24(18)27-21-12-10-20(11-13-21)23(25)19-8-6-16(2)7-9-19;2*1-15-4-6-17(7-5-15)22(23)18-8-10-19(11-9-18)25-21-13-12-20(24-3)14-16(21)2;1-3-4-2;1-5(2,3)4/h6-15H,5H2,1-4H3;2*4-14H,1-3H3;3-4H2,1-2H3;1H3. The van der Waals surface area contributed by atoms with Crippen molar-refractivity contribution in [3.05, 3.63) is 266 Å². The molecule has 0 atom stereocenters. The number of ether oxygens (including phenoxy) is 6. The molecule has 0 saturated carbocycles. The number of benzene rings is 9. The minimum atomic E-state index is -3.19. The molecule has 11 nitrogen and oxygen atoms in total. The van der Waals surface area contributed by atoms with Gasteiger partial charge in [0.05, 0.1) is 27.6 Å². The van der Waals surface area contributed by atoms with Crippen LogP contribution in [0.25, 0.3) is 0 Å². The number of unbranched alkanes of at least 4 members (excludes halogenated alkanes) is 1. The lowest BCUT2D eigenvalue weighted by Gasteiger charge is -2.15. The fourth-order valence-corrected chi connectivity index (χ4v) is 8.07. The molecule has 0 radical (unpaired) electrons. The lowest BCUT2D eigenvalue weighted by Crippen LogP contribution is -2.01. The zero-order valence-electron chi connectivity index (χ0n) is 51.4. The van der Waals surface area contributed by atoms with E-state index < -0.39 is 9.05 Å². The first-order valence-corrected chi connectivity index (χ1v) is 30.8. The number of carbonyl (C=O) groups is 3. The van der Waals surface area contributed by atoms with E-state index in [4.69, 9.17) is 28.4 Å². The van der Waals surface area contributed by atoms with Gasteiger partial charge in [0, 0.05) is 44.1 Å². The number of halogens is 1. The van der Waals surface area contributed by atoms with E-state index in [-0.39, 0.29) is 17.3 Å². The first-order chi connectivity index (χ1) is 41.1. The van der Waals surface area contributed by atoms with Crippen molar-refractivity contribution in [3.8, 4) is 51.7 Å². The van der Waals surface area contributed by atoms with Gasteiger partial charge in [-0.2, -0.15) is 0 Å². The molecule has 0 bridgehead atoms. The van der Waals surface area contributed by atoms with E-state index in [1.54, 1.807) is 45.6 Å². The van der Waals surface area contributed by atoms with E-state index in [1.807, 2.05) is 211 Å². The van der Waals surface area contributed by atoms with Gasteiger partial charge in [-0.3, -0.25) is 14.4 Å². The number of methoxy groups -OCH3 is 3. The number of hydrogen-bond acceptors (Lipinski definition) is 11. The topological polar surface area (TPSA) is 141 Å². The first kappa shape index (κ1) is 67.8. The molecule has 0 saturated heterocycles. The average Bonchev–Trinajstić information content (AvgIpc) is 3.54. The average molecular weight is 1200 g/mol. The van der Waals surface area contributed by atoms with Crippen molar-refractivity contribution >= 4 is 37.1 Å². The van der Waals surface area contributed by atoms with Crippen LogP contribution in [0.4, 0.5) is 0 Å². The summed E-state index contributed by atoms with van der Waals surface area (Å²) >= 11 is 0. The predicted octanol–water partition coefficient (Wildman–Crippen LogP) is 18.6. The van der Waals surface area contributed by atoms with Gasteiger partial charge in [0.1, 0.15) is 51.7 Å². The highest BCUT2D eigenvalue weighted by atomic mass is 35.7. The van der Waals surface area contributed by atoms with Crippen molar-refractivity contribution in [1.29, 1.82) is 0 Å². The molecule has 0 spiro atoms. The largest absolute Gasteiger partial charge is 0.497 e. The molecule has 9 rings (SSSR count). The van der Waals surface area contributed by atoms with E-state index >= 15 is 0 Å². The Bertz CT molecular complexity index is 3580. The van der Waals surface area contributed by atoms with Crippen molar-refractivity contribution in [3.63, 3.8) is 0 Å². The van der Waals surface area contributed by atoms with Crippen LogP contribution in [0.3, 0.4) is 0 Å². The second kappa shape index (κ2) is 33.5. The van der Waals surface area contributed by atoms with Crippen molar-refractivity contribution in [2.24, 2.45) is 0 Å². The summed E-state index contributed by atoms with van der Waals surface area (Å²) < 4.78 is 52.4. The van der Waals surface area contributed by atoms with Crippen LogP contribution in [0.1, 0.15) is 120 Å². The van der Waals surface area contributed by atoms with Gasteiger partial charge >= 0.3 is 0 Å². The highest BCUT2D eigenvalue weighted by Crippen LogP contribution is 2.34. The van der Waals surface area contributed by atoms with Gasteiger partial charge in [-0.05, 0) is 192 Å². The normalized spacial score (nSPS) is 10.3. The monoisotopic (exact) mass is 1200 g/mol. The lowest BCUT2D eigenvalue weighted by molar-refractivity contribution is 0.103. The maximum Gasteiger partial charge on any atom is 0.229 e. The SMILES string of the molecule is CCCC.CCc1cc(OC)cc(C)c1Oc1ccc(C(=O)c2ccc(C)cc2)cc1.COc1ccc(Oc2ccc(C(=O)c3ccc(C)cc3)cc2)c(C)c1.COc1ccc(Oc2ccc(C(=O)c3ccc(C)cc3)cc2)c(C)c1.CS(=O)(=O)Cl. The van der Waals surface area contributed by atoms with Gasteiger partial charge < -0.3 is 28.4 Å². The molecule has 9 aromatic carbocycles. The smallest absolute Gasteiger partial charge is 0.229 e. The third-order valence-electron chi connectivity index (χ3n) is 13.2. The molecule has 0 aliphatic heterocycles.